The summed E-state index contributed by atoms with van der Waals surface area (Å²) in [6.07, 6.45) is 0. The number of hydrogen-bond donors (Lipinski definition) is 1. The predicted molar refractivity (Wildman–Crippen MR) is 98.2 cm³/mol. The number of anilines is 1. The van der Waals surface area contributed by atoms with Crippen LogP contribution in [0.1, 0.15) is 5.56 Å². The number of hydrogen-bond acceptors (Lipinski definition) is 6. The van der Waals surface area contributed by atoms with E-state index in [1.807, 2.05) is 30.3 Å². The Hall–Kier alpha value is -3.69. The fraction of sp³-hybridized carbons (Fsp3) is 0.235. The van der Waals surface area contributed by atoms with Crippen LogP contribution in [0.2, 0.25) is 0 Å². The molecule has 0 radical (unpaired) electrons. The quantitative estimate of drug-likeness (QED) is 0.681. The minimum atomic E-state index is -1.09. The van der Waals surface area contributed by atoms with Crippen molar-refractivity contribution in [3.63, 3.8) is 0 Å². The van der Waals surface area contributed by atoms with Gasteiger partial charge in [-0.1, -0.05) is 30.3 Å². The van der Waals surface area contributed by atoms with Gasteiger partial charge in [-0.15, -0.1) is 0 Å². The Morgan fingerprint density at radius 3 is 2.52 bits per heavy atom. The average molecular weight is 368 g/mol. The third-order valence-electron chi connectivity index (χ3n) is 4.50. The van der Waals surface area contributed by atoms with E-state index in [2.05, 4.69) is 10.1 Å². The van der Waals surface area contributed by atoms with Crippen LogP contribution in [0.25, 0.3) is 11.2 Å². The van der Waals surface area contributed by atoms with Crippen LogP contribution < -0.4 is 16.3 Å². The van der Waals surface area contributed by atoms with E-state index < -0.39 is 23.8 Å². The normalized spacial score (nSPS) is 13.6. The maximum atomic E-state index is 12.7. The van der Waals surface area contributed by atoms with E-state index in [0.717, 1.165) is 10.1 Å². The smallest absolute Gasteiger partial charge is 0.332 e. The Morgan fingerprint density at radius 2 is 1.85 bits per heavy atom. The average Bonchev–Trinajstić information content (AvgIpc) is 3.05. The second-order valence-electron chi connectivity index (χ2n) is 6.24. The largest absolute Gasteiger partial charge is 0.480 e. The highest BCUT2D eigenvalue weighted by Gasteiger charge is 2.28. The molecule has 0 bridgehead atoms. The zero-order valence-corrected chi connectivity index (χ0v) is 14.7. The summed E-state index contributed by atoms with van der Waals surface area (Å²) in [6.45, 7) is -0.187. The first-order valence-corrected chi connectivity index (χ1v) is 8.17. The number of imidazole rings is 1. The number of rotatable bonds is 3. The number of hydrazone groups is 1. The molecule has 0 amide bonds. The molecule has 1 aliphatic heterocycles. The van der Waals surface area contributed by atoms with Gasteiger partial charge in [-0.05, 0) is 5.56 Å². The standard InChI is InChI=1S/C17H16N6O4/c1-20-14-13(15(26)21(2)17(20)27)22-8-11(10-6-4-3-5-7-10)19-23(9-12(24)25)16(22)18-14/h3-7H,8-9H2,1-2H3,(H,24,25). The second-order valence-corrected chi connectivity index (χ2v) is 6.24. The van der Waals surface area contributed by atoms with Gasteiger partial charge < -0.3 is 5.11 Å². The van der Waals surface area contributed by atoms with Gasteiger partial charge in [0, 0.05) is 14.1 Å². The van der Waals surface area contributed by atoms with Crippen LogP contribution in [0.5, 0.6) is 0 Å². The lowest BCUT2D eigenvalue weighted by molar-refractivity contribution is -0.135. The lowest BCUT2D eigenvalue weighted by atomic mass is 10.1. The van der Waals surface area contributed by atoms with Crippen LogP contribution in [0.15, 0.2) is 45.0 Å². The van der Waals surface area contributed by atoms with E-state index in [9.17, 15) is 19.5 Å². The molecule has 0 aliphatic carbocycles. The number of aliphatic carboxylic acids is 1. The molecule has 1 aromatic carbocycles. The summed E-state index contributed by atoms with van der Waals surface area (Å²) in [6, 6.07) is 9.28. The van der Waals surface area contributed by atoms with Crippen molar-refractivity contribution in [2.75, 3.05) is 11.6 Å². The first-order valence-electron chi connectivity index (χ1n) is 8.17. The van der Waals surface area contributed by atoms with E-state index in [1.165, 1.54) is 23.7 Å². The maximum Gasteiger partial charge on any atom is 0.332 e. The molecule has 3 aromatic rings. The number of nitrogens with zero attached hydrogens (tertiary/aromatic N) is 6. The zero-order valence-electron chi connectivity index (χ0n) is 14.7. The molecule has 10 heteroatoms. The molecular formula is C17H16N6O4. The zero-order chi connectivity index (χ0) is 19.3. The molecule has 138 valence electrons. The van der Waals surface area contributed by atoms with E-state index >= 15 is 0 Å². The Kier molecular flexibility index (Phi) is 3.69. The summed E-state index contributed by atoms with van der Waals surface area (Å²) in [5.41, 5.74) is 0.835. The number of fused-ring (bicyclic) bond motifs is 3. The van der Waals surface area contributed by atoms with Gasteiger partial charge >= 0.3 is 11.7 Å². The molecule has 3 heterocycles. The molecule has 10 nitrogen and oxygen atoms in total. The number of benzene rings is 1. The molecule has 0 fully saturated rings. The van der Waals surface area contributed by atoms with Gasteiger partial charge in [-0.3, -0.25) is 23.3 Å². The molecule has 0 spiro atoms. The molecule has 0 saturated heterocycles. The lowest BCUT2D eigenvalue weighted by Crippen LogP contribution is -2.38. The van der Waals surface area contributed by atoms with Gasteiger partial charge in [-0.2, -0.15) is 10.1 Å². The van der Waals surface area contributed by atoms with Crippen molar-refractivity contribution in [3.05, 3.63) is 56.7 Å². The Balaban J connectivity index is 2.00. The first-order chi connectivity index (χ1) is 12.9. The highest BCUT2D eigenvalue weighted by atomic mass is 16.4. The summed E-state index contributed by atoms with van der Waals surface area (Å²) < 4.78 is 3.88. The van der Waals surface area contributed by atoms with E-state index in [1.54, 1.807) is 4.57 Å². The van der Waals surface area contributed by atoms with Crippen LogP contribution in [-0.2, 0) is 25.4 Å². The Bertz CT molecular complexity index is 1220. The topological polar surface area (TPSA) is 115 Å². The molecular weight excluding hydrogens is 352 g/mol. The Labute approximate surface area is 152 Å². The molecule has 1 aliphatic rings. The van der Waals surface area contributed by atoms with Crippen LogP contribution >= 0.6 is 0 Å². The third kappa shape index (κ3) is 2.53. The van der Waals surface area contributed by atoms with Crippen molar-refractivity contribution in [1.82, 2.24) is 18.7 Å². The van der Waals surface area contributed by atoms with E-state index in [-0.39, 0.29) is 23.7 Å². The highest BCUT2D eigenvalue weighted by Crippen LogP contribution is 2.25. The first kappa shape index (κ1) is 16.8. The number of carboxylic acids is 1. The molecule has 4 rings (SSSR count). The van der Waals surface area contributed by atoms with Crippen LogP contribution in [-0.4, -0.2) is 42.0 Å². The lowest BCUT2D eigenvalue weighted by Gasteiger charge is -2.24. The van der Waals surface area contributed by atoms with Crippen molar-refractivity contribution in [2.45, 2.75) is 6.54 Å². The van der Waals surface area contributed by atoms with E-state index in [4.69, 9.17) is 0 Å². The minimum absolute atomic E-state index is 0.193. The van der Waals surface area contributed by atoms with Gasteiger partial charge in [-0.25, -0.2) is 9.80 Å². The number of aromatic nitrogens is 4. The van der Waals surface area contributed by atoms with Crippen LogP contribution in [0.3, 0.4) is 0 Å². The van der Waals surface area contributed by atoms with Crippen molar-refractivity contribution in [1.29, 1.82) is 0 Å². The summed E-state index contributed by atoms with van der Waals surface area (Å²) in [5.74, 6) is -0.876. The predicted octanol–water partition coefficient (Wildman–Crippen LogP) is -0.257. The molecule has 0 saturated carbocycles. The number of carbonyl (C=O) groups is 1. The molecule has 2 aromatic heterocycles. The van der Waals surface area contributed by atoms with E-state index in [0.29, 0.717) is 5.71 Å². The van der Waals surface area contributed by atoms with Crippen LogP contribution in [0, 0.1) is 0 Å². The van der Waals surface area contributed by atoms with Crippen molar-refractivity contribution < 1.29 is 9.90 Å². The third-order valence-corrected chi connectivity index (χ3v) is 4.50. The number of aryl methyl sites for hydroxylation is 1. The van der Waals surface area contributed by atoms with Crippen molar-refractivity contribution in [2.24, 2.45) is 19.2 Å². The van der Waals surface area contributed by atoms with Crippen molar-refractivity contribution >= 4 is 28.8 Å². The molecule has 27 heavy (non-hydrogen) atoms. The summed E-state index contributed by atoms with van der Waals surface area (Å²) in [5, 5.41) is 14.9. The van der Waals surface area contributed by atoms with Gasteiger partial charge in [0.15, 0.2) is 11.2 Å². The summed E-state index contributed by atoms with van der Waals surface area (Å²) in [7, 11) is 2.91. The second kappa shape index (κ2) is 5.94. The minimum Gasteiger partial charge on any atom is -0.480 e. The van der Waals surface area contributed by atoms with Gasteiger partial charge in [0.25, 0.3) is 5.56 Å². The monoisotopic (exact) mass is 368 g/mol. The molecule has 0 atom stereocenters. The van der Waals surface area contributed by atoms with Gasteiger partial charge in [0.05, 0.1) is 12.3 Å². The SMILES string of the molecule is Cn1c(=O)c2c(nc3n2CC(c2ccccc2)=NN3CC(=O)O)n(C)c1=O. The highest BCUT2D eigenvalue weighted by molar-refractivity contribution is 6.03. The van der Waals surface area contributed by atoms with Crippen molar-refractivity contribution in [3.8, 4) is 0 Å². The fourth-order valence-corrected chi connectivity index (χ4v) is 3.17. The summed E-state index contributed by atoms with van der Waals surface area (Å²) >= 11 is 0. The fourth-order valence-electron chi connectivity index (χ4n) is 3.17. The molecule has 1 N–H and O–H groups in total. The Morgan fingerprint density at radius 1 is 1.15 bits per heavy atom. The summed E-state index contributed by atoms with van der Waals surface area (Å²) in [4.78, 5) is 40.6. The maximum absolute atomic E-state index is 12.7. The van der Waals surface area contributed by atoms with Crippen LogP contribution in [0.4, 0.5) is 5.95 Å². The molecule has 0 unspecified atom stereocenters. The van der Waals surface area contributed by atoms with Gasteiger partial charge in [0.2, 0.25) is 5.95 Å². The van der Waals surface area contributed by atoms with Gasteiger partial charge in [0.1, 0.15) is 6.54 Å². The number of carboxylic acid groups (broad SMARTS) is 1.